The number of hydrogen-bond acceptors (Lipinski definition) is 5. The molecule has 1 aliphatic rings. The molecule has 1 saturated carbocycles. The van der Waals surface area contributed by atoms with Gasteiger partial charge in [-0.1, -0.05) is 18.2 Å². The van der Waals surface area contributed by atoms with Gasteiger partial charge >= 0.3 is 6.04 Å². The number of benzene rings is 1. The number of allylic oxidation sites excluding steroid dienone is 2. The van der Waals surface area contributed by atoms with E-state index < -0.39 is 6.04 Å². The maximum Gasteiger partial charge on any atom is 0.332 e. The summed E-state index contributed by atoms with van der Waals surface area (Å²) in [6, 6.07) is 4.63. The zero-order chi connectivity index (χ0) is 20.6. The van der Waals surface area contributed by atoms with E-state index in [4.69, 9.17) is 16.9 Å². The van der Waals surface area contributed by atoms with Crippen LogP contribution in [-0.4, -0.2) is 36.7 Å². The number of nitrogens with zero attached hydrogens (tertiary/aromatic N) is 1. The van der Waals surface area contributed by atoms with E-state index in [1.165, 1.54) is 24.3 Å². The van der Waals surface area contributed by atoms with Gasteiger partial charge in [-0.2, -0.15) is 4.39 Å². The molecule has 0 spiro atoms. The Bertz CT molecular complexity index is 742. The second-order valence-corrected chi connectivity index (χ2v) is 6.34. The molecule has 1 aromatic rings. The highest BCUT2D eigenvalue weighted by atomic mass is 19.1. The Balaban J connectivity index is 0.00000114. The van der Waals surface area contributed by atoms with Crippen LogP contribution in [0.2, 0.25) is 0 Å². The lowest BCUT2D eigenvalue weighted by atomic mass is 9.87. The van der Waals surface area contributed by atoms with Crippen molar-refractivity contribution in [2.75, 3.05) is 7.05 Å². The maximum absolute atomic E-state index is 12.7. The average Bonchev–Trinajstić information content (AvgIpc) is 2.59. The summed E-state index contributed by atoms with van der Waals surface area (Å²) in [4.78, 5) is 14.9. The molecule has 2 rings (SSSR count). The molecule has 6 nitrogen and oxygen atoms in total. The van der Waals surface area contributed by atoms with E-state index in [9.17, 15) is 9.18 Å². The quantitative estimate of drug-likeness (QED) is 0.275. The maximum atomic E-state index is 12.7. The summed E-state index contributed by atoms with van der Waals surface area (Å²) in [5, 5.41) is 11.7. The van der Waals surface area contributed by atoms with Gasteiger partial charge in [0.25, 0.3) is 0 Å². The molecule has 6 N–H and O–H groups in total. The van der Waals surface area contributed by atoms with Gasteiger partial charge in [0.2, 0.25) is 0 Å². The van der Waals surface area contributed by atoms with Gasteiger partial charge in [-0.05, 0) is 38.8 Å². The average molecular weight is 373 g/mol. The van der Waals surface area contributed by atoms with Crippen LogP contribution < -0.4 is 16.8 Å². The molecule has 0 heterocycles. The fraction of sp³-hybridized carbons (Fsp3) is 0.350. The standard InChI is InChI=1S/C17H22FN5O.C3H6/c1-9(19)14(17(22-2)23-13-7-12(20)8-13)15(21)10-3-5-11(6-4-10)16(18)24;1-3-2/h3-6,12-13,21H,7-8,19-20H2,1-2H3,(H,22,23);3H,1H2,2H3/b14-9+,21-15?;. The summed E-state index contributed by atoms with van der Waals surface area (Å²) in [6.45, 7) is 6.95. The number of aliphatic imine (C=N–C) groups is 1. The minimum absolute atomic E-state index is 0.0486. The van der Waals surface area contributed by atoms with Gasteiger partial charge in [-0.15, -0.1) is 6.58 Å². The molecule has 146 valence electrons. The Hall–Kier alpha value is -2.80. The highest BCUT2D eigenvalue weighted by Gasteiger charge is 2.28. The number of hydrogen-bond donors (Lipinski definition) is 4. The third-order valence-corrected chi connectivity index (χ3v) is 4.02. The third kappa shape index (κ3) is 6.14. The summed E-state index contributed by atoms with van der Waals surface area (Å²) in [5.74, 6) is 0.530. The zero-order valence-electron chi connectivity index (χ0n) is 16.1. The van der Waals surface area contributed by atoms with Crippen molar-refractivity contribution in [2.24, 2.45) is 16.5 Å². The number of nitrogens with two attached hydrogens (primary N) is 2. The second-order valence-electron chi connectivity index (χ2n) is 6.34. The van der Waals surface area contributed by atoms with Gasteiger partial charge < -0.3 is 16.8 Å². The molecule has 0 bridgehead atoms. The number of halogens is 1. The van der Waals surface area contributed by atoms with Crippen molar-refractivity contribution in [3.8, 4) is 0 Å². The molecule has 1 aliphatic carbocycles. The monoisotopic (exact) mass is 373 g/mol. The predicted molar refractivity (Wildman–Crippen MR) is 109 cm³/mol. The van der Waals surface area contributed by atoms with Gasteiger partial charge in [0.15, 0.2) is 0 Å². The van der Waals surface area contributed by atoms with Crippen molar-refractivity contribution < 1.29 is 9.18 Å². The lowest BCUT2D eigenvalue weighted by molar-refractivity contribution is 0.0836. The Kier molecular flexibility index (Phi) is 8.55. The smallest absolute Gasteiger partial charge is 0.332 e. The summed E-state index contributed by atoms with van der Waals surface area (Å²) < 4.78 is 12.7. The first-order valence-electron chi connectivity index (χ1n) is 8.66. The number of rotatable bonds is 5. The molecule has 0 radical (unpaired) electrons. The molecule has 1 aromatic carbocycles. The van der Waals surface area contributed by atoms with Gasteiger partial charge in [-0.25, -0.2) is 0 Å². The van der Waals surface area contributed by atoms with E-state index in [1.807, 2.05) is 6.92 Å². The van der Waals surface area contributed by atoms with E-state index in [2.05, 4.69) is 16.9 Å². The van der Waals surface area contributed by atoms with Crippen molar-refractivity contribution in [3.05, 3.63) is 59.3 Å². The van der Waals surface area contributed by atoms with Crippen LogP contribution in [0.3, 0.4) is 0 Å². The molecule has 0 amide bonds. The summed E-state index contributed by atoms with van der Waals surface area (Å²) >= 11 is 0. The first kappa shape index (κ1) is 22.2. The third-order valence-electron chi connectivity index (χ3n) is 4.02. The Morgan fingerprint density at radius 2 is 1.81 bits per heavy atom. The molecule has 0 aromatic heterocycles. The van der Waals surface area contributed by atoms with Crippen molar-refractivity contribution in [1.29, 1.82) is 5.41 Å². The Morgan fingerprint density at radius 3 is 2.19 bits per heavy atom. The normalized spacial score (nSPS) is 19.7. The van der Waals surface area contributed by atoms with E-state index in [0.717, 1.165) is 12.8 Å². The predicted octanol–water partition coefficient (Wildman–Crippen LogP) is 2.70. The van der Waals surface area contributed by atoms with Crippen LogP contribution in [0.5, 0.6) is 0 Å². The first-order valence-corrected chi connectivity index (χ1v) is 8.66. The highest BCUT2D eigenvalue weighted by Crippen LogP contribution is 2.20. The van der Waals surface area contributed by atoms with Crippen LogP contribution >= 0.6 is 0 Å². The zero-order valence-corrected chi connectivity index (χ0v) is 16.1. The van der Waals surface area contributed by atoms with Crippen molar-refractivity contribution >= 4 is 17.6 Å². The molecule has 7 heteroatoms. The molecule has 0 saturated heterocycles. The molecule has 0 unspecified atom stereocenters. The van der Waals surface area contributed by atoms with Crippen LogP contribution in [0, 0.1) is 5.41 Å². The minimum Gasteiger partial charge on any atom is -0.402 e. The molecular formula is C20H28FN5O. The molecule has 0 aliphatic heterocycles. The Morgan fingerprint density at radius 1 is 1.33 bits per heavy atom. The molecule has 27 heavy (non-hydrogen) atoms. The molecule has 0 atom stereocenters. The summed E-state index contributed by atoms with van der Waals surface area (Å²) in [5.41, 5.74) is 13.3. The SMILES string of the molecule is C=CC.CN=C(NC1CC(N)C1)/C(C(=N)c1ccc(C(=O)F)cc1)=C(\C)N. The van der Waals surface area contributed by atoms with E-state index in [0.29, 0.717) is 22.7 Å². The van der Waals surface area contributed by atoms with E-state index >= 15 is 0 Å². The molecular weight excluding hydrogens is 345 g/mol. The number of nitrogens with one attached hydrogen (secondary N) is 2. The van der Waals surface area contributed by atoms with Crippen LogP contribution in [0.25, 0.3) is 0 Å². The van der Waals surface area contributed by atoms with Gasteiger partial charge in [0.1, 0.15) is 5.84 Å². The highest BCUT2D eigenvalue weighted by molar-refractivity contribution is 6.28. The van der Waals surface area contributed by atoms with Crippen LogP contribution in [0.1, 0.15) is 42.6 Å². The summed E-state index contributed by atoms with van der Waals surface area (Å²) in [7, 11) is 1.63. The largest absolute Gasteiger partial charge is 0.402 e. The van der Waals surface area contributed by atoms with Gasteiger partial charge in [-0.3, -0.25) is 15.2 Å². The van der Waals surface area contributed by atoms with Crippen LogP contribution in [-0.2, 0) is 0 Å². The first-order chi connectivity index (χ1) is 12.7. The number of amidine groups is 1. The van der Waals surface area contributed by atoms with E-state index in [1.54, 1.807) is 20.0 Å². The van der Waals surface area contributed by atoms with Gasteiger partial charge in [0, 0.05) is 30.4 Å². The lowest BCUT2D eigenvalue weighted by Crippen LogP contribution is -2.51. The van der Waals surface area contributed by atoms with Crippen LogP contribution in [0.4, 0.5) is 4.39 Å². The number of carbonyl (C=O) groups is 1. The lowest BCUT2D eigenvalue weighted by Gasteiger charge is -2.34. The Labute approximate surface area is 159 Å². The van der Waals surface area contributed by atoms with E-state index in [-0.39, 0.29) is 23.4 Å². The fourth-order valence-corrected chi connectivity index (χ4v) is 2.64. The van der Waals surface area contributed by atoms with Crippen LogP contribution in [0.15, 0.2) is 53.2 Å². The minimum atomic E-state index is -1.50. The summed E-state index contributed by atoms with van der Waals surface area (Å²) in [6.07, 6.45) is 3.44. The van der Waals surface area contributed by atoms with Crippen molar-refractivity contribution in [2.45, 2.75) is 38.8 Å². The van der Waals surface area contributed by atoms with Crippen molar-refractivity contribution in [1.82, 2.24) is 5.32 Å². The molecule has 1 fully saturated rings. The van der Waals surface area contributed by atoms with Gasteiger partial charge in [0.05, 0.1) is 16.8 Å². The second kappa shape index (κ2) is 10.4. The number of carbonyl (C=O) groups excluding carboxylic acids is 1. The topological polar surface area (TPSA) is 117 Å². The fourth-order valence-electron chi connectivity index (χ4n) is 2.64. The van der Waals surface area contributed by atoms with Crippen molar-refractivity contribution in [3.63, 3.8) is 0 Å².